The lowest BCUT2D eigenvalue weighted by Gasteiger charge is -2.28. The number of nitrogens with zero attached hydrogens (tertiary/aromatic N) is 3. The van der Waals surface area contributed by atoms with Crippen LogP contribution in [0.2, 0.25) is 0 Å². The van der Waals surface area contributed by atoms with Crippen LogP contribution in [0.25, 0.3) is 16.6 Å². The van der Waals surface area contributed by atoms with Crippen LogP contribution in [0.1, 0.15) is 17.0 Å². The number of aliphatic hydroxyl groups excluding tert-OH is 1. The van der Waals surface area contributed by atoms with Crippen LogP contribution in [-0.4, -0.2) is 56.2 Å². The summed E-state index contributed by atoms with van der Waals surface area (Å²) in [7, 11) is 1.27. The standard InChI is InChI=1S/C20H20FN5O3/c1-29-20(21)5-2-3-14(8-20)17(12-27)25-19(28)18-22-11-16-7-13(4-6-26(16)18)15-9-23-24-10-15/h2-7,9-11,17,27H,8,12H2,1H3,(H,23,24)(H,25,28)/t17-,20?/m1/s1. The van der Waals surface area contributed by atoms with Crippen molar-refractivity contribution in [1.29, 1.82) is 0 Å². The third-order valence-corrected chi connectivity index (χ3v) is 4.94. The molecule has 3 heterocycles. The Morgan fingerprint density at radius 1 is 1.48 bits per heavy atom. The van der Waals surface area contributed by atoms with Gasteiger partial charge in [0.2, 0.25) is 11.7 Å². The number of imidazole rings is 1. The number of hydrogen-bond donors (Lipinski definition) is 3. The number of nitrogens with one attached hydrogen (secondary N) is 2. The summed E-state index contributed by atoms with van der Waals surface area (Å²) in [5.74, 6) is -2.26. The molecule has 1 unspecified atom stereocenters. The van der Waals surface area contributed by atoms with Gasteiger partial charge in [0, 0.05) is 31.5 Å². The molecule has 8 nitrogen and oxygen atoms in total. The minimum Gasteiger partial charge on any atom is -0.394 e. The number of pyridine rings is 1. The van der Waals surface area contributed by atoms with E-state index in [1.165, 1.54) is 19.3 Å². The van der Waals surface area contributed by atoms with Crippen LogP contribution in [0.4, 0.5) is 4.39 Å². The molecule has 0 spiro atoms. The fraction of sp³-hybridized carbons (Fsp3) is 0.250. The summed E-state index contributed by atoms with van der Waals surface area (Å²) < 4.78 is 21.0. The van der Waals surface area contributed by atoms with Crippen molar-refractivity contribution in [3.8, 4) is 11.1 Å². The number of aromatic amines is 1. The number of aliphatic hydroxyl groups is 1. The predicted octanol–water partition coefficient (Wildman–Crippen LogP) is 2.01. The number of carbonyl (C=O) groups is 1. The van der Waals surface area contributed by atoms with E-state index in [1.54, 1.807) is 35.3 Å². The Labute approximate surface area is 165 Å². The Bertz CT molecular complexity index is 1090. The van der Waals surface area contributed by atoms with Crippen LogP contribution >= 0.6 is 0 Å². The molecule has 0 aliphatic heterocycles. The Balaban J connectivity index is 1.55. The number of amides is 1. The van der Waals surface area contributed by atoms with E-state index < -0.39 is 17.8 Å². The number of methoxy groups -OCH3 is 1. The Hall–Kier alpha value is -3.30. The molecule has 9 heteroatoms. The first-order valence-corrected chi connectivity index (χ1v) is 9.03. The fourth-order valence-electron chi connectivity index (χ4n) is 3.33. The highest BCUT2D eigenvalue weighted by Crippen LogP contribution is 2.29. The molecule has 1 aliphatic carbocycles. The summed E-state index contributed by atoms with van der Waals surface area (Å²) in [6, 6.07) is 2.99. The van der Waals surface area contributed by atoms with Crippen molar-refractivity contribution in [2.45, 2.75) is 18.3 Å². The van der Waals surface area contributed by atoms with Crippen LogP contribution < -0.4 is 5.32 Å². The van der Waals surface area contributed by atoms with Gasteiger partial charge in [0.1, 0.15) is 0 Å². The van der Waals surface area contributed by atoms with E-state index in [4.69, 9.17) is 4.74 Å². The van der Waals surface area contributed by atoms with Gasteiger partial charge in [-0.05, 0) is 29.3 Å². The lowest BCUT2D eigenvalue weighted by Crippen LogP contribution is -2.42. The first-order chi connectivity index (χ1) is 14.0. The maximum Gasteiger partial charge on any atom is 0.288 e. The van der Waals surface area contributed by atoms with Gasteiger partial charge in [0.05, 0.1) is 30.6 Å². The molecule has 1 amide bonds. The van der Waals surface area contributed by atoms with Crippen LogP contribution in [0, 0.1) is 0 Å². The molecule has 1 aliphatic rings. The zero-order chi connectivity index (χ0) is 20.4. The highest BCUT2D eigenvalue weighted by Gasteiger charge is 2.32. The molecular weight excluding hydrogens is 377 g/mol. The SMILES string of the molecule is COC1(F)C=CC=C([C@@H](CO)NC(=O)c2ncc3cc(-c4cn[nH]c4)ccn23)C1. The van der Waals surface area contributed by atoms with E-state index >= 15 is 0 Å². The summed E-state index contributed by atoms with van der Waals surface area (Å²) in [6.07, 6.45) is 11.2. The number of aromatic nitrogens is 4. The van der Waals surface area contributed by atoms with Crippen LogP contribution in [-0.2, 0) is 4.74 Å². The predicted molar refractivity (Wildman–Crippen MR) is 104 cm³/mol. The first-order valence-electron chi connectivity index (χ1n) is 9.03. The second-order valence-corrected chi connectivity index (χ2v) is 6.76. The van der Waals surface area contributed by atoms with E-state index in [1.807, 2.05) is 12.1 Å². The van der Waals surface area contributed by atoms with Crippen molar-refractivity contribution in [3.63, 3.8) is 0 Å². The second kappa shape index (κ2) is 7.61. The van der Waals surface area contributed by atoms with Gasteiger partial charge in [0.15, 0.2) is 0 Å². The number of alkyl halides is 1. The summed E-state index contributed by atoms with van der Waals surface area (Å²) in [5, 5.41) is 19.2. The van der Waals surface area contributed by atoms with Crippen molar-refractivity contribution in [2.75, 3.05) is 13.7 Å². The molecular formula is C20H20FN5O3. The molecule has 3 N–H and O–H groups in total. The number of fused-ring (bicyclic) bond motifs is 1. The molecule has 0 bridgehead atoms. The number of carbonyl (C=O) groups excluding carboxylic acids is 1. The van der Waals surface area contributed by atoms with E-state index in [2.05, 4.69) is 20.5 Å². The topological polar surface area (TPSA) is 105 Å². The molecule has 150 valence electrons. The van der Waals surface area contributed by atoms with Crippen molar-refractivity contribution in [2.24, 2.45) is 0 Å². The first kappa shape index (κ1) is 19.0. The van der Waals surface area contributed by atoms with Crippen molar-refractivity contribution >= 4 is 11.4 Å². The normalized spacial score (nSPS) is 19.9. The number of rotatable bonds is 6. The quantitative estimate of drug-likeness (QED) is 0.590. The van der Waals surface area contributed by atoms with Crippen LogP contribution in [0.15, 0.2) is 60.7 Å². The molecule has 3 aromatic heterocycles. The zero-order valence-electron chi connectivity index (χ0n) is 15.7. The average Bonchev–Trinajstić information content (AvgIpc) is 3.41. The van der Waals surface area contributed by atoms with Gasteiger partial charge in [-0.3, -0.25) is 14.3 Å². The molecule has 4 rings (SSSR count). The zero-order valence-corrected chi connectivity index (χ0v) is 15.7. The molecule has 3 aromatic rings. The molecule has 0 saturated carbocycles. The molecule has 2 atom stereocenters. The lowest BCUT2D eigenvalue weighted by atomic mass is 9.94. The minimum absolute atomic E-state index is 0.0815. The highest BCUT2D eigenvalue weighted by atomic mass is 19.2. The monoisotopic (exact) mass is 397 g/mol. The van der Waals surface area contributed by atoms with Crippen molar-refractivity contribution < 1.29 is 19.0 Å². The maximum atomic E-state index is 14.5. The van der Waals surface area contributed by atoms with Crippen LogP contribution in [0.3, 0.4) is 0 Å². The van der Waals surface area contributed by atoms with E-state index in [0.717, 1.165) is 16.6 Å². The van der Waals surface area contributed by atoms with Gasteiger partial charge >= 0.3 is 0 Å². The fourth-order valence-corrected chi connectivity index (χ4v) is 3.33. The summed E-state index contributed by atoms with van der Waals surface area (Å²) >= 11 is 0. The van der Waals surface area contributed by atoms with Gasteiger partial charge in [-0.1, -0.05) is 12.2 Å². The molecule has 0 fully saturated rings. The van der Waals surface area contributed by atoms with Crippen molar-refractivity contribution in [3.05, 3.63) is 66.5 Å². The molecule has 29 heavy (non-hydrogen) atoms. The number of H-pyrrole nitrogens is 1. The summed E-state index contributed by atoms with van der Waals surface area (Å²) in [4.78, 5) is 17.0. The third kappa shape index (κ3) is 3.69. The average molecular weight is 397 g/mol. The van der Waals surface area contributed by atoms with Gasteiger partial charge in [-0.25, -0.2) is 9.37 Å². The second-order valence-electron chi connectivity index (χ2n) is 6.76. The number of allylic oxidation sites excluding steroid dienone is 2. The number of hydrogen-bond acceptors (Lipinski definition) is 5. The minimum atomic E-state index is -1.95. The number of halogens is 1. The lowest BCUT2D eigenvalue weighted by molar-refractivity contribution is -0.0799. The van der Waals surface area contributed by atoms with Gasteiger partial charge in [0.25, 0.3) is 5.91 Å². The third-order valence-electron chi connectivity index (χ3n) is 4.94. The number of ether oxygens (including phenoxy) is 1. The Morgan fingerprint density at radius 2 is 2.34 bits per heavy atom. The largest absolute Gasteiger partial charge is 0.394 e. The Kier molecular flexibility index (Phi) is 4.99. The maximum absolute atomic E-state index is 14.5. The molecule has 0 radical (unpaired) electrons. The Morgan fingerprint density at radius 3 is 3.07 bits per heavy atom. The smallest absolute Gasteiger partial charge is 0.288 e. The van der Waals surface area contributed by atoms with Gasteiger partial charge in [-0.15, -0.1) is 0 Å². The van der Waals surface area contributed by atoms with E-state index in [-0.39, 0.29) is 18.9 Å². The molecule has 0 aromatic carbocycles. The van der Waals surface area contributed by atoms with Crippen molar-refractivity contribution in [1.82, 2.24) is 24.9 Å². The van der Waals surface area contributed by atoms with Gasteiger partial charge in [-0.2, -0.15) is 5.10 Å². The summed E-state index contributed by atoms with van der Waals surface area (Å²) in [5.41, 5.74) is 3.11. The van der Waals surface area contributed by atoms with Crippen LogP contribution in [0.5, 0.6) is 0 Å². The van der Waals surface area contributed by atoms with E-state index in [9.17, 15) is 14.3 Å². The van der Waals surface area contributed by atoms with Gasteiger partial charge < -0.3 is 15.2 Å². The summed E-state index contributed by atoms with van der Waals surface area (Å²) in [6.45, 7) is -0.376. The van der Waals surface area contributed by atoms with E-state index in [0.29, 0.717) is 5.57 Å². The highest BCUT2D eigenvalue weighted by molar-refractivity contribution is 5.92. The molecule has 0 saturated heterocycles.